The maximum absolute atomic E-state index is 10.9. The number of ketones is 1. The first-order valence-electron chi connectivity index (χ1n) is 5.62. The van der Waals surface area contributed by atoms with Crippen molar-refractivity contribution in [2.24, 2.45) is 0 Å². The Hall–Kier alpha value is -1.64. The Balaban J connectivity index is 0.000000509. The average molecular weight is 221 g/mol. The monoisotopic (exact) mass is 221 g/mol. The third kappa shape index (κ3) is 3.50. The van der Waals surface area contributed by atoms with Crippen molar-refractivity contribution in [2.75, 3.05) is 0 Å². The molecule has 16 heavy (non-hydrogen) atoms. The fourth-order valence-electron chi connectivity index (χ4n) is 1.06. The van der Waals surface area contributed by atoms with E-state index in [1.165, 1.54) is 6.92 Å². The quantitative estimate of drug-likeness (QED) is 0.681. The van der Waals surface area contributed by atoms with Crippen LogP contribution >= 0.6 is 0 Å². The van der Waals surface area contributed by atoms with Crippen LogP contribution in [0, 0.1) is 0 Å². The van der Waals surface area contributed by atoms with Gasteiger partial charge in [-0.2, -0.15) is 0 Å². The van der Waals surface area contributed by atoms with Crippen molar-refractivity contribution in [3.05, 3.63) is 30.3 Å². The first-order valence-corrected chi connectivity index (χ1v) is 5.62. The number of nitrogens with zero attached hydrogens (tertiary/aromatic N) is 1. The Labute approximate surface area is 96.5 Å². The molecular formula is C13H19NO2. The highest BCUT2D eigenvalue weighted by Crippen LogP contribution is 2.17. The Morgan fingerprint density at radius 2 is 1.88 bits per heavy atom. The second-order valence-corrected chi connectivity index (χ2v) is 2.58. The lowest BCUT2D eigenvalue weighted by Gasteiger charge is -1.83. The summed E-state index contributed by atoms with van der Waals surface area (Å²) in [5.74, 6) is 0.323. The summed E-state index contributed by atoms with van der Waals surface area (Å²) in [5.41, 5.74) is 0.655. The molecule has 0 atom stereocenters. The lowest BCUT2D eigenvalue weighted by molar-refractivity contribution is 0.0989. The molecule has 0 N–H and O–H groups in total. The lowest BCUT2D eigenvalue weighted by Crippen LogP contribution is -1.85. The molecule has 0 unspecified atom stereocenters. The van der Waals surface area contributed by atoms with E-state index < -0.39 is 0 Å². The van der Waals surface area contributed by atoms with E-state index in [1.54, 1.807) is 18.5 Å². The van der Waals surface area contributed by atoms with Gasteiger partial charge in [-0.1, -0.05) is 27.7 Å². The smallest absolute Gasteiger partial charge is 0.194 e. The number of carbonyl (C=O) groups is 1. The number of hydrogen-bond acceptors (Lipinski definition) is 3. The van der Waals surface area contributed by atoms with Crippen LogP contribution in [0.15, 0.2) is 28.9 Å². The first-order chi connectivity index (χ1) is 7.77. The van der Waals surface area contributed by atoms with Crippen LogP contribution < -0.4 is 0 Å². The molecule has 0 spiro atoms. The van der Waals surface area contributed by atoms with Crippen molar-refractivity contribution in [3.63, 3.8) is 0 Å². The highest BCUT2D eigenvalue weighted by Gasteiger charge is 2.06. The molecule has 0 aliphatic carbocycles. The van der Waals surface area contributed by atoms with Gasteiger partial charge in [0.2, 0.25) is 0 Å². The third-order valence-electron chi connectivity index (χ3n) is 1.67. The van der Waals surface area contributed by atoms with Crippen LogP contribution in [0.5, 0.6) is 0 Å². The van der Waals surface area contributed by atoms with E-state index in [2.05, 4.69) is 4.98 Å². The fraction of sp³-hybridized carbons (Fsp3) is 0.385. The number of rotatable bonds is 1. The summed E-state index contributed by atoms with van der Waals surface area (Å²) in [6, 6.07) is 3.53. The van der Waals surface area contributed by atoms with Crippen LogP contribution in [0.25, 0.3) is 11.0 Å². The number of hydrogen-bond donors (Lipinski definition) is 0. The van der Waals surface area contributed by atoms with Gasteiger partial charge < -0.3 is 4.42 Å². The van der Waals surface area contributed by atoms with Gasteiger partial charge in [-0.3, -0.25) is 9.78 Å². The minimum Gasteiger partial charge on any atom is -0.451 e. The maximum atomic E-state index is 10.9. The molecule has 0 aliphatic rings. The molecule has 0 fully saturated rings. The normalized spacial score (nSPS) is 8.56. The molecule has 3 heteroatoms. The molecule has 0 aliphatic heterocycles. The highest BCUT2D eigenvalue weighted by atomic mass is 16.3. The van der Waals surface area contributed by atoms with Crippen LogP contribution in [0.3, 0.4) is 0 Å². The predicted molar refractivity (Wildman–Crippen MR) is 66.7 cm³/mol. The molecule has 2 aromatic rings. The Morgan fingerprint density at radius 3 is 2.38 bits per heavy atom. The first kappa shape index (κ1) is 14.4. The van der Waals surface area contributed by atoms with E-state index >= 15 is 0 Å². The van der Waals surface area contributed by atoms with Gasteiger partial charge in [0.05, 0.1) is 6.20 Å². The van der Waals surface area contributed by atoms with Gasteiger partial charge in [0.15, 0.2) is 17.1 Å². The van der Waals surface area contributed by atoms with Gasteiger partial charge in [-0.15, -0.1) is 0 Å². The Morgan fingerprint density at radius 1 is 1.25 bits per heavy atom. The topological polar surface area (TPSA) is 43.1 Å². The minimum atomic E-state index is -0.0637. The second-order valence-electron chi connectivity index (χ2n) is 2.58. The van der Waals surface area contributed by atoms with Crippen LogP contribution in [0.4, 0.5) is 0 Å². The van der Waals surface area contributed by atoms with E-state index in [0.717, 1.165) is 5.39 Å². The van der Waals surface area contributed by atoms with Gasteiger partial charge in [0.25, 0.3) is 0 Å². The fourth-order valence-corrected chi connectivity index (χ4v) is 1.06. The molecule has 0 aromatic carbocycles. The van der Waals surface area contributed by atoms with E-state index in [0.29, 0.717) is 11.3 Å². The van der Waals surface area contributed by atoms with Crippen molar-refractivity contribution in [1.29, 1.82) is 0 Å². The maximum Gasteiger partial charge on any atom is 0.194 e. The largest absolute Gasteiger partial charge is 0.451 e. The van der Waals surface area contributed by atoms with Crippen LogP contribution in [-0.4, -0.2) is 10.8 Å². The summed E-state index contributed by atoms with van der Waals surface area (Å²) in [6.07, 6.45) is 3.27. The summed E-state index contributed by atoms with van der Waals surface area (Å²) in [6.45, 7) is 9.48. The van der Waals surface area contributed by atoms with Crippen molar-refractivity contribution in [1.82, 2.24) is 4.98 Å². The zero-order valence-electron chi connectivity index (χ0n) is 10.6. The standard InChI is InChI=1S/C9H7NO2.2C2H6/c1-6(11)8-4-7-2-3-10-5-9(7)12-8;2*1-2/h2-5H,1H3;2*1-2H3. The zero-order valence-corrected chi connectivity index (χ0v) is 10.6. The molecule has 0 bridgehead atoms. The van der Waals surface area contributed by atoms with Gasteiger partial charge in [0.1, 0.15) is 0 Å². The van der Waals surface area contributed by atoms with Gasteiger partial charge in [-0.25, -0.2) is 0 Å². The summed E-state index contributed by atoms with van der Waals surface area (Å²) in [4.78, 5) is 14.8. The van der Waals surface area contributed by atoms with E-state index in [4.69, 9.17) is 4.42 Å². The summed E-state index contributed by atoms with van der Waals surface area (Å²) in [7, 11) is 0. The number of carbonyl (C=O) groups excluding carboxylic acids is 1. The van der Waals surface area contributed by atoms with Crippen LogP contribution in [0.2, 0.25) is 0 Å². The van der Waals surface area contributed by atoms with Crippen molar-refractivity contribution < 1.29 is 9.21 Å². The van der Waals surface area contributed by atoms with Crippen LogP contribution in [0.1, 0.15) is 45.2 Å². The van der Waals surface area contributed by atoms with E-state index in [-0.39, 0.29) is 5.78 Å². The Kier molecular flexibility index (Phi) is 6.84. The average Bonchev–Trinajstić information content (AvgIpc) is 2.78. The second kappa shape index (κ2) is 7.63. The number of pyridine rings is 1. The van der Waals surface area contributed by atoms with Gasteiger partial charge in [-0.05, 0) is 12.1 Å². The molecule has 3 nitrogen and oxygen atoms in total. The zero-order chi connectivity index (χ0) is 12.6. The SMILES string of the molecule is CC.CC.CC(=O)c1cc2ccncc2o1. The van der Waals surface area contributed by atoms with Gasteiger partial charge in [0, 0.05) is 18.5 Å². The number of aromatic nitrogens is 1. The summed E-state index contributed by atoms with van der Waals surface area (Å²) in [5, 5.41) is 0.912. The lowest BCUT2D eigenvalue weighted by atomic mass is 10.3. The highest BCUT2D eigenvalue weighted by molar-refractivity contribution is 5.95. The number of fused-ring (bicyclic) bond motifs is 1. The van der Waals surface area contributed by atoms with Crippen molar-refractivity contribution in [2.45, 2.75) is 34.6 Å². The third-order valence-corrected chi connectivity index (χ3v) is 1.67. The molecule has 0 saturated carbocycles. The molecule has 88 valence electrons. The van der Waals surface area contributed by atoms with Crippen LogP contribution in [-0.2, 0) is 0 Å². The van der Waals surface area contributed by atoms with Crippen molar-refractivity contribution >= 4 is 16.8 Å². The Bertz CT molecular complexity index is 399. The molecule has 2 rings (SSSR count). The predicted octanol–water partition coefficient (Wildman–Crippen LogP) is 4.08. The molecule has 0 amide bonds. The van der Waals surface area contributed by atoms with E-state index in [9.17, 15) is 4.79 Å². The molecule has 2 aromatic heterocycles. The van der Waals surface area contributed by atoms with E-state index in [1.807, 2.05) is 33.8 Å². The number of furan rings is 1. The summed E-state index contributed by atoms with van der Waals surface area (Å²) >= 11 is 0. The molecular weight excluding hydrogens is 202 g/mol. The molecule has 0 radical (unpaired) electrons. The van der Waals surface area contributed by atoms with Gasteiger partial charge >= 0.3 is 0 Å². The number of Topliss-reactive ketones (excluding diaryl/α,β-unsaturated/α-hetero) is 1. The summed E-state index contributed by atoms with van der Waals surface area (Å²) < 4.78 is 5.22. The molecule has 0 saturated heterocycles. The van der Waals surface area contributed by atoms with Crippen molar-refractivity contribution in [3.8, 4) is 0 Å². The molecule has 2 heterocycles. The minimum absolute atomic E-state index is 0.0637.